The molecule has 0 aliphatic carbocycles. The number of nitrogens with zero attached hydrogens (tertiary/aromatic N) is 3. The molecule has 0 fully saturated rings. The van der Waals surface area contributed by atoms with Gasteiger partial charge in [-0.05, 0) is 111 Å². The Morgan fingerprint density at radius 3 is 2.39 bits per heavy atom. The SMILES string of the molecule is CC[C@H](C)Oc1c(Br)cc(C=Nn2c(-c3cc(C(C)C)c(OC)cc3C)nc3ccccc3c2=O)cc1Br. The minimum absolute atomic E-state index is 0.0791. The first-order valence-corrected chi connectivity index (χ1v) is 14.1. The van der Waals surface area contributed by atoms with E-state index < -0.39 is 0 Å². The van der Waals surface area contributed by atoms with Gasteiger partial charge in [0.25, 0.3) is 5.56 Å². The van der Waals surface area contributed by atoms with Crippen molar-refractivity contribution in [2.24, 2.45) is 5.10 Å². The number of benzene rings is 3. The molecule has 0 saturated heterocycles. The summed E-state index contributed by atoms with van der Waals surface area (Å²) in [7, 11) is 1.67. The van der Waals surface area contributed by atoms with E-state index in [2.05, 4.69) is 63.8 Å². The summed E-state index contributed by atoms with van der Waals surface area (Å²) >= 11 is 7.23. The molecule has 0 unspecified atom stereocenters. The molecule has 4 aromatic rings. The van der Waals surface area contributed by atoms with Crippen LogP contribution in [0.5, 0.6) is 11.5 Å². The van der Waals surface area contributed by atoms with Crippen LogP contribution in [0.15, 0.2) is 67.4 Å². The summed E-state index contributed by atoms with van der Waals surface area (Å²) in [6.07, 6.45) is 2.63. The van der Waals surface area contributed by atoms with Crippen molar-refractivity contribution >= 4 is 49.0 Å². The largest absolute Gasteiger partial charge is 0.496 e. The third kappa shape index (κ3) is 5.71. The third-order valence-electron chi connectivity index (χ3n) is 6.43. The Balaban J connectivity index is 1.90. The fourth-order valence-electron chi connectivity index (χ4n) is 4.15. The van der Waals surface area contributed by atoms with Gasteiger partial charge >= 0.3 is 0 Å². The predicted molar refractivity (Wildman–Crippen MR) is 162 cm³/mol. The minimum Gasteiger partial charge on any atom is -0.496 e. The number of hydrogen-bond donors (Lipinski definition) is 0. The smallest absolute Gasteiger partial charge is 0.282 e. The lowest BCUT2D eigenvalue weighted by Crippen LogP contribution is -2.20. The Morgan fingerprint density at radius 2 is 1.76 bits per heavy atom. The molecule has 38 heavy (non-hydrogen) atoms. The van der Waals surface area contributed by atoms with Crippen LogP contribution >= 0.6 is 31.9 Å². The zero-order valence-corrected chi connectivity index (χ0v) is 25.6. The fourth-order valence-corrected chi connectivity index (χ4v) is 5.56. The van der Waals surface area contributed by atoms with Crippen LogP contribution in [-0.2, 0) is 0 Å². The topological polar surface area (TPSA) is 65.7 Å². The van der Waals surface area contributed by atoms with Crippen molar-refractivity contribution in [1.29, 1.82) is 0 Å². The van der Waals surface area contributed by atoms with Gasteiger partial charge in [0.05, 0.1) is 39.3 Å². The van der Waals surface area contributed by atoms with Crippen molar-refractivity contribution in [1.82, 2.24) is 9.66 Å². The molecule has 1 atom stereocenters. The molecule has 4 rings (SSSR count). The summed E-state index contributed by atoms with van der Waals surface area (Å²) in [4.78, 5) is 18.6. The van der Waals surface area contributed by atoms with Gasteiger partial charge in [0, 0.05) is 5.56 Å². The van der Waals surface area contributed by atoms with Crippen LogP contribution in [0.4, 0.5) is 0 Å². The molecular formula is C30H31Br2N3O3. The Labute approximate surface area is 240 Å². The van der Waals surface area contributed by atoms with Gasteiger partial charge in [-0.25, -0.2) is 4.98 Å². The molecule has 1 aromatic heterocycles. The highest BCUT2D eigenvalue weighted by molar-refractivity contribution is 9.11. The number of halogens is 2. The lowest BCUT2D eigenvalue weighted by atomic mass is 9.96. The van der Waals surface area contributed by atoms with E-state index >= 15 is 0 Å². The molecule has 0 bridgehead atoms. The molecule has 0 radical (unpaired) electrons. The zero-order valence-electron chi connectivity index (χ0n) is 22.4. The van der Waals surface area contributed by atoms with Gasteiger partial charge in [-0.1, -0.05) is 32.9 Å². The van der Waals surface area contributed by atoms with E-state index in [0.29, 0.717) is 16.7 Å². The highest BCUT2D eigenvalue weighted by Gasteiger charge is 2.18. The summed E-state index contributed by atoms with van der Waals surface area (Å²) in [6.45, 7) is 10.3. The maximum atomic E-state index is 13.7. The van der Waals surface area contributed by atoms with Crippen LogP contribution in [0.1, 0.15) is 56.7 Å². The van der Waals surface area contributed by atoms with Crippen molar-refractivity contribution in [3.8, 4) is 22.9 Å². The van der Waals surface area contributed by atoms with Gasteiger partial charge in [0.1, 0.15) is 11.5 Å². The number of ether oxygens (including phenoxy) is 2. The number of methoxy groups -OCH3 is 1. The van der Waals surface area contributed by atoms with E-state index in [1.54, 1.807) is 19.4 Å². The maximum absolute atomic E-state index is 13.7. The van der Waals surface area contributed by atoms with Crippen molar-refractivity contribution in [3.63, 3.8) is 0 Å². The van der Waals surface area contributed by atoms with Crippen LogP contribution < -0.4 is 15.0 Å². The van der Waals surface area contributed by atoms with Crippen LogP contribution in [0.2, 0.25) is 0 Å². The summed E-state index contributed by atoms with van der Waals surface area (Å²) in [5, 5.41) is 5.16. The Bertz CT molecular complexity index is 1550. The molecule has 0 N–H and O–H groups in total. The minimum atomic E-state index is -0.238. The molecule has 0 aliphatic rings. The quantitative estimate of drug-likeness (QED) is 0.183. The molecule has 3 aromatic carbocycles. The summed E-state index contributed by atoms with van der Waals surface area (Å²) in [6, 6.07) is 15.2. The van der Waals surface area contributed by atoms with Crippen molar-refractivity contribution in [2.75, 3.05) is 7.11 Å². The first-order valence-electron chi connectivity index (χ1n) is 12.5. The number of rotatable bonds is 8. The first kappa shape index (κ1) is 28.0. The summed E-state index contributed by atoms with van der Waals surface area (Å²) in [5.41, 5.74) is 3.98. The first-order chi connectivity index (χ1) is 18.1. The van der Waals surface area contributed by atoms with E-state index in [1.807, 2.05) is 50.2 Å². The molecule has 0 amide bonds. The molecule has 6 nitrogen and oxygen atoms in total. The van der Waals surface area contributed by atoms with Gasteiger partial charge in [-0.2, -0.15) is 9.78 Å². The van der Waals surface area contributed by atoms with E-state index in [4.69, 9.17) is 14.5 Å². The summed E-state index contributed by atoms with van der Waals surface area (Å²) in [5.74, 6) is 2.24. The lowest BCUT2D eigenvalue weighted by Gasteiger charge is -2.17. The van der Waals surface area contributed by atoms with Gasteiger partial charge < -0.3 is 9.47 Å². The standard InChI is InChI=1S/C30H31Br2N3O3/c1-7-19(5)38-28-24(31)13-20(14-25(28)32)16-33-35-29(34-26-11-9-8-10-21(26)30(35)36)23-15-22(17(2)3)27(37-6)12-18(23)4/h8-17,19H,7H2,1-6H3/t19-/m0/s1. The number of aryl methyl sites for hydroxylation is 1. The highest BCUT2D eigenvalue weighted by Crippen LogP contribution is 2.36. The molecule has 8 heteroatoms. The van der Waals surface area contributed by atoms with E-state index in [1.165, 1.54) is 4.68 Å². The average molecular weight is 641 g/mol. The monoisotopic (exact) mass is 639 g/mol. The van der Waals surface area contributed by atoms with Crippen LogP contribution in [0, 0.1) is 6.92 Å². The number of fused-ring (bicyclic) bond motifs is 1. The fraction of sp³-hybridized carbons (Fsp3) is 0.300. The van der Waals surface area contributed by atoms with E-state index in [9.17, 15) is 4.79 Å². The zero-order chi connectivity index (χ0) is 27.6. The highest BCUT2D eigenvalue weighted by atomic mass is 79.9. The van der Waals surface area contributed by atoms with Crippen LogP contribution in [0.25, 0.3) is 22.3 Å². The second kappa shape index (κ2) is 11.8. The van der Waals surface area contributed by atoms with Gasteiger partial charge in [-0.15, -0.1) is 0 Å². The van der Waals surface area contributed by atoms with Crippen LogP contribution in [-0.4, -0.2) is 29.1 Å². The van der Waals surface area contributed by atoms with Gasteiger partial charge in [0.15, 0.2) is 5.82 Å². The number of para-hydroxylation sites is 1. The molecule has 198 valence electrons. The van der Waals surface area contributed by atoms with E-state index in [0.717, 1.165) is 49.1 Å². The normalized spacial score (nSPS) is 12.4. The molecule has 0 aliphatic heterocycles. The molecule has 0 saturated carbocycles. The van der Waals surface area contributed by atoms with Gasteiger partial charge in [-0.3, -0.25) is 4.79 Å². The van der Waals surface area contributed by atoms with E-state index in [-0.39, 0.29) is 17.6 Å². The number of aromatic nitrogens is 2. The summed E-state index contributed by atoms with van der Waals surface area (Å²) < 4.78 is 14.6. The second-order valence-electron chi connectivity index (χ2n) is 9.53. The van der Waals surface area contributed by atoms with Gasteiger partial charge in [0.2, 0.25) is 0 Å². The second-order valence-corrected chi connectivity index (χ2v) is 11.2. The van der Waals surface area contributed by atoms with Crippen molar-refractivity contribution in [3.05, 3.63) is 84.5 Å². The maximum Gasteiger partial charge on any atom is 0.282 e. The lowest BCUT2D eigenvalue weighted by molar-refractivity contribution is 0.214. The number of hydrogen-bond acceptors (Lipinski definition) is 5. The van der Waals surface area contributed by atoms with Crippen LogP contribution in [0.3, 0.4) is 0 Å². The molecular weight excluding hydrogens is 610 g/mol. The Kier molecular flexibility index (Phi) is 8.73. The Morgan fingerprint density at radius 1 is 1.08 bits per heavy atom. The molecule has 1 heterocycles. The van der Waals surface area contributed by atoms with Crippen molar-refractivity contribution < 1.29 is 9.47 Å². The Hall–Kier alpha value is -2.97. The predicted octanol–water partition coefficient (Wildman–Crippen LogP) is 8.09. The average Bonchev–Trinajstić information content (AvgIpc) is 2.89. The molecule has 0 spiro atoms. The van der Waals surface area contributed by atoms with Crippen molar-refractivity contribution in [2.45, 2.75) is 53.1 Å². The third-order valence-corrected chi connectivity index (χ3v) is 7.61.